The molecular formula is C20H19NO4. The van der Waals surface area contributed by atoms with Crippen LogP contribution in [-0.2, 0) is 13.5 Å². The summed E-state index contributed by atoms with van der Waals surface area (Å²) in [5.74, 6) is 1.97. The molecule has 0 spiro atoms. The number of methoxy groups -OCH3 is 2. The van der Waals surface area contributed by atoms with E-state index in [-0.39, 0.29) is 5.56 Å². The van der Waals surface area contributed by atoms with Crippen molar-refractivity contribution in [3.63, 3.8) is 0 Å². The smallest absolute Gasteiger partial charge is 0.258 e. The predicted molar refractivity (Wildman–Crippen MR) is 96.9 cm³/mol. The van der Waals surface area contributed by atoms with E-state index in [1.807, 2.05) is 30.3 Å². The molecule has 128 valence electrons. The number of hydrogen-bond acceptors (Lipinski definition) is 4. The lowest BCUT2D eigenvalue weighted by molar-refractivity contribution is 0.327. The maximum Gasteiger partial charge on any atom is 0.258 e. The van der Waals surface area contributed by atoms with Gasteiger partial charge in [0.25, 0.3) is 5.56 Å². The van der Waals surface area contributed by atoms with Gasteiger partial charge in [-0.15, -0.1) is 0 Å². The van der Waals surface area contributed by atoms with E-state index in [0.717, 1.165) is 28.0 Å². The first-order valence-corrected chi connectivity index (χ1v) is 8.15. The second-order valence-electron chi connectivity index (χ2n) is 6.04. The van der Waals surface area contributed by atoms with Crippen molar-refractivity contribution >= 4 is 10.8 Å². The summed E-state index contributed by atoms with van der Waals surface area (Å²) < 4.78 is 18.4. The van der Waals surface area contributed by atoms with Crippen LogP contribution in [0.4, 0.5) is 0 Å². The molecule has 1 aliphatic rings. The highest BCUT2D eigenvalue weighted by molar-refractivity contribution is 5.93. The van der Waals surface area contributed by atoms with Gasteiger partial charge in [0.2, 0.25) is 0 Å². The van der Waals surface area contributed by atoms with Gasteiger partial charge in [0.05, 0.1) is 31.9 Å². The molecule has 0 saturated carbocycles. The van der Waals surface area contributed by atoms with Crippen LogP contribution in [0.3, 0.4) is 0 Å². The topological polar surface area (TPSA) is 49.7 Å². The van der Waals surface area contributed by atoms with Crippen LogP contribution in [0.5, 0.6) is 17.2 Å². The molecule has 2 heterocycles. The van der Waals surface area contributed by atoms with Gasteiger partial charge in [0.1, 0.15) is 5.75 Å². The number of fused-ring (bicyclic) bond motifs is 5. The van der Waals surface area contributed by atoms with Crippen LogP contribution in [0, 0.1) is 0 Å². The van der Waals surface area contributed by atoms with Gasteiger partial charge in [0.15, 0.2) is 11.5 Å². The third kappa shape index (κ3) is 2.27. The molecule has 5 heteroatoms. The Morgan fingerprint density at radius 2 is 1.72 bits per heavy atom. The number of pyridine rings is 1. The Labute approximate surface area is 145 Å². The van der Waals surface area contributed by atoms with Crippen LogP contribution in [0.25, 0.3) is 22.0 Å². The molecule has 0 unspecified atom stereocenters. The monoisotopic (exact) mass is 337 g/mol. The molecule has 0 aliphatic carbocycles. The zero-order chi connectivity index (χ0) is 17.6. The van der Waals surface area contributed by atoms with Gasteiger partial charge >= 0.3 is 0 Å². The van der Waals surface area contributed by atoms with Crippen molar-refractivity contribution < 1.29 is 14.2 Å². The quantitative estimate of drug-likeness (QED) is 0.721. The SMILES string of the molecule is COc1cc2c3c(n(C)c(=O)c2cc1OC)-c1ccccc1OCC3. The van der Waals surface area contributed by atoms with Crippen molar-refractivity contribution in [1.82, 2.24) is 4.57 Å². The maximum absolute atomic E-state index is 13.0. The van der Waals surface area contributed by atoms with Crippen molar-refractivity contribution in [3.05, 3.63) is 52.3 Å². The summed E-state index contributed by atoms with van der Waals surface area (Å²) in [6.45, 7) is 0.561. The van der Waals surface area contributed by atoms with Crippen molar-refractivity contribution in [1.29, 1.82) is 0 Å². The zero-order valence-electron chi connectivity index (χ0n) is 14.5. The Balaban J connectivity index is 2.16. The summed E-state index contributed by atoms with van der Waals surface area (Å²) in [5, 5.41) is 1.51. The Morgan fingerprint density at radius 1 is 1.04 bits per heavy atom. The molecule has 0 saturated heterocycles. The third-order valence-corrected chi connectivity index (χ3v) is 4.76. The summed E-state index contributed by atoms with van der Waals surface area (Å²) in [6, 6.07) is 11.5. The molecule has 0 fully saturated rings. The zero-order valence-corrected chi connectivity index (χ0v) is 14.5. The van der Waals surface area contributed by atoms with E-state index in [9.17, 15) is 4.79 Å². The molecule has 0 radical (unpaired) electrons. The van der Waals surface area contributed by atoms with Gasteiger partial charge in [0, 0.05) is 19.0 Å². The minimum atomic E-state index is -0.0635. The van der Waals surface area contributed by atoms with Crippen LogP contribution in [0.1, 0.15) is 5.56 Å². The highest BCUT2D eigenvalue weighted by Crippen LogP contribution is 2.39. The van der Waals surface area contributed by atoms with Crippen LogP contribution < -0.4 is 19.8 Å². The molecule has 0 N–H and O–H groups in total. The second-order valence-corrected chi connectivity index (χ2v) is 6.04. The molecule has 0 amide bonds. The lowest BCUT2D eigenvalue weighted by Gasteiger charge is -2.17. The van der Waals surface area contributed by atoms with E-state index in [4.69, 9.17) is 14.2 Å². The standard InChI is InChI=1S/C20H19NO4/c1-21-19-12(8-9-25-16-7-5-4-6-13(16)19)14-10-17(23-2)18(24-3)11-15(14)20(21)22/h4-7,10-11H,8-9H2,1-3H3. The molecule has 1 aromatic heterocycles. The van der Waals surface area contributed by atoms with Crippen LogP contribution in [-0.4, -0.2) is 25.4 Å². The first kappa shape index (κ1) is 15.6. The summed E-state index contributed by atoms with van der Waals surface area (Å²) in [7, 11) is 4.98. The van der Waals surface area contributed by atoms with E-state index in [1.165, 1.54) is 0 Å². The van der Waals surface area contributed by atoms with Crippen LogP contribution >= 0.6 is 0 Å². The molecule has 5 nitrogen and oxygen atoms in total. The van der Waals surface area contributed by atoms with Crippen molar-refractivity contribution in [2.45, 2.75) is 6.42 Å². The lowest BCUT2D eigenvalue weighted by Crippen LogP contribution is -2.21. The predicted octanol–water partition coefficient (Wildman–Crippen LogP) is 3.16. The van der Waals surface area contributed by atoms with E-state index < -0.39 is 0 Å². The van der Waals surface area contributed by atoms with Gasteiger partial charge in [-0.1, -0.05) is 12.1 Å². The molecule has 3 aromatic rings. The summed E-state index contributed by atoms with van der Waals surface area (Å²) in [6.07, 6.45) is 0.712. The summed E-state index contributed by atoms with van der Waals surface area (Å²) >= 11 is 0. The summed E-state index contributed by atoms with van der Waals surface area (Å²) in [5.41, 5.74) is 2.86. The van der Waals surface area contributed by atoms with Crippen LogP contribution in [0.2, 0.25) is 0 Å². The van der Waals surface area contributed by atoms with Crippen molar-refractivity contribution in [3.8, 4) is 28.5 Å². The highest BCUT2D eigenvalue weighted by Gasteiger charge is 2.23. The number of nitrogens with zero attached hydrogens (tertiary/aromatic N) is 1. The molecule has 0 bridgehead atoms. The fraction of sp³-hybridized carbons (Fsp3) is 0.250. The summed E-state index contributed by atoms with van der Waals surface area (Å²) in [4.78, 5) is 13.0. The number of para-hydroxylation sites is 1. The molecule has 25 heavy (non-hydrogen) atoms. The van der Waals surface area contributed by atoms with Gasteiger partial charge in [-0.3, -0.25) is 4.79 Å². The number of rotatable bonds is 2. The fourth-order valence-corrected chi connectivity index (χ4v) is 3.57. The van der Waals surface area contributed by atoms with Crippen LogP contribution in [0.15, 0.2) is 41.2 Å². The van der Waals surface area contributed by atoms with Gasteiger partial charge in [-0.2, -0.15) is 0 Å². The van der Waals surface area contributed by atoms with Gasteiger partial charge in [-0.05, 0) is 35.2 Å². The molecule has 2 aromatic carbocycles. The minimum absolute atomic E-state index is 0.0635. The average molecular weight is 337 g/mol. The normalized spacial score (nSPS) is 12.8. The Hall–Kier alpha value is -2.95. The van der Waals surface area contributed by atoms with Gasteiger partial charge < -0.3 is 18.8 Å². The Kier molecular flexibility index (Phi) is 3.64. The Morgan fingerprint density at radius 3 is 2.44 bits per heavy atom. The molecule has 4 rings (SSSR count). The average Bonchev–Trinajstić information content (AvgIpc) is 2.84. The second kappa shape index (κ2) is 5.84. The Bertz CT molecular complexity index is 1040. The van der Waals surface area contributed by atoms with E-state index in [2.05, 4.69) is 0 Å². The molecular weight excluding hydrogens is 318 g/mol. The number of hydrogen-bond donors (Lipinski definition) is 0. The maximum atomic E-state index is 13.0. The first-order valence-electron chi connectivity index (χ1n) is 8.15. The largest absolute Gasteiger partial charge is 0.493 e. The minimum Gasteiger partial charge on any atom is -0.493 e. The van der Waals surface area contributed by atoms with E-state index in [0.29, 0.717) is 29.9 Å². The number of aromatic nitrogens is 1. The first-order chi connectivity index (χ1) is 12.2. The number of ether oxygens (including phenoxy) is 3. The highest BCUT2D eigenvalue weighted by atomic mass is 16.5. The van der Waals surface area contributed by atoms with Crippen molar-refractivity contribution in [2.75, 3.05) is 20.8 Å². The molecule has 1 aliphatic heterocycles. The van der Waals surface area contributed by atoms with Gasteiger partial charge in [-0.25, -0.2) is 0 Å². The number of benzene rings is 2. The van der Waals surface area contributed by atoms with Crippen molar-refractivity contribution in [2.24, 2.45) is 7.05 Å². The fourth-order valence-electron chi connectivity index (χ4n) is 3.57. The lowest BCUT2D eigenvalue weighted by atomic mass is 9.97. The van der Waals surface area contributed by atoms with E-state index in [1.54, 1.807) is 31.9 Å². The third-order valence-electron chi connectivity index (χ3n) is 4.76. The van der Waals surface area contributed by atoms with E-state index >= 15 is 0 Å². The molecule has 0 atom stereocenters.